The van der Waals surface area contributed by atoms with Crippen LogP contribution in [0.15, 0.2) is 77.4 Å². The van der Waals surface area contributed by atoms with E-state index in [0.29, 0.717) is 12.1 Å². The van der Waals surface area contributed by atoms with Crippen molar-refractivity contribution in [3.63, 3.8) is 0 Å². The van der Waals surface area contributed by atoms with E-state index in [1.54, 1.807) is 30.5 Å². The van der Waals surface area contributed by atoms with Gasteiger partial charge in [-0.3, -0.25) is 4.79 Å². The molecule has 0 fully saturated rings. The molecule has 1 atom stereocenters. The number of nitrogens with two attached hydrogens (primary N) is 1. The molecule has 0 spiro atoms. The van der Waals surface area contributed by atoms with Crippen molar-refractivity contribution in [2.45, 2.75) is 12.6 Å². The first-order valence-corrected chi connectivity index (χ1v) is 9.03. The highest BCUT2D eigenvalue weighted by Crippen LogP contribution is 2.18. The zero-order valence-electron chi connectivity index (χ0n) is 15.6. The maximum atomic E-state index is 12.3. The highest BCUT2D eigenvalue weighted by molar-refractivity contribution is 5.89. The molecule has 2 aromatic carbocycles. The lowest BCUT2D eigenvalue weighted by Gasteiger charge is -2.14. The third-order valence-corrected chi connectivity index (χ3v) is 4.41. The van der Waals surface area contributed by atoms with Crippen molar-refractivity contribution in [2.75, 3.05) is 13.7 Å². The Balaban J connectivity index is 1.54. The Kier molecular flexibility index (Phi) is 6.59. The molecule has 6 nitrogen and oxygen atoms in total. The molecular weight excluding hydrogens is 356 g/mol. The molecule has 1 heterocycles. The van der Waals surface area contributed by atoms with Crippen LogP contribution in [0.5, 0.6) is 0 Å². The van der Waals surface area contributed by atoms with Gasteiger partial charge in [-0.15, -0.1) is 0 Å². The second kappa shape index (κ2) is 9.53. The largest absolute Gasteiger partial charge is 0.465 e. The first-order chi connectivity index (χ1) is 13.7. The van der Waals surface area contributed by atoms with E-state index in [1.165, 1.54) is 7.11 Å². The fourth-order valence-electron chi connectivity index (χ4n) is 2.92. The zero-order valence-corrected chi connectivity index (χ0v) is 15.6. The molecule has 0 bridgehead atoms. The molecule has 3 aromatic rings. The quantitative estimate of drug-likeness (QED) is 0.587. The van der Waals surface area contributed by atoms with Gasteiger partial charge in [0.1, 0.15) is 0 Å². The van der Waals surface area contributed by atoms with Crippen LogP contribution in [0.3, 0.4) is 0 Å². The van der Waals surface area contributed by atoms with Crippen LogP contribution >= 0.6 is 0 Å². The monoisotopic (exact) mass is 379 g/mol. The maximum absolute atomic E-state index is 12.3. The average molecular weight is 379 g/mol. The number of furan rings is 1. The SMILES string of the molecule is COC(=O)c1ccc(CNC(=O)C[NH2+][C@H](c2ccccc2)c2ccco2)cc1. The summed E-state index contributed by atoms with van der Waals surface area (Å²) >= 11 is 0. The Labute approximate surface area is 163 Å². The molecule has 6 heteroatoms. The van der Waals surface area contributed by atoms with E-state index in [1.807, 2.05) is 47.8 Å². The van der Waals surface area contributed by atoms with Gasteiger partial charge in [-0.2, -0.15) is 0 Å². The number of benzene rings is 2. The van der Waals surface area contributed by atoms with Crippen molar-refractivity contribution in [1.82, 2.24) is 5.32 Å². The lowest BCUT2D eigenvalue weighted by atomic mass is 10.0. The number of hydrogen-bond acceptors (Lipinski definition) is 4. The third kappa shape index (κ3) is 5.08. The number of esters is 1. The van der Waals surface area contributed by atoms with Crippen molar-refractivity contribution in [3.05, 3.63) is 95.4 Å². The van der Waals surface area contributed by atoms with Crippen molar-refractivity contribution in [2.24, 2.45) is 0 Å². The fraction of sp³-hybridized carbons (Fsp3) is 0.182. The molecule has 0 saturated heterocycles. The minimum atomic E-state index is -0.380. The van der Waals surface area contributed by atoms with Crippen LogP contribution in [0.2, 0.25) is 0 Å². The summed E-state index contributed by atoms with van der Waals surface area (Å²) in [6.07, 6.45) is 1.64. The number of amides is 1. The lowest BCUT2D eigenvalue weighted by Crippen LogP contribution is -2.87. The van der Waals surface area contributed by atoms with Gasteiger partial charge in [0.15, 0.2) is 18.3 Å². The second-order valence-electron chi connectivity index (χ2n) is 6.31. The number of hydrogen-bond donors (Lipinski definition) is 2. The van der Waals surface area contributed by atoms with E-state index in [4.69, 9.17) is 4.42 Å². The van der Waals surface area contributed by atoms with Crippen LogP contribution in [0.25, 0.3) is 0 Å². The molecule has 3 N–H and O–H groups in total. The van der Waals surface area contributed by atoms with Crippen LogP contribution in [0, 0.1) is 0 Å². The minimum absolute atomic E-state index is 0.0791. The van der Waals surface area contributed by atoms with E-state index < -0.39 is 0 Å². The molecule has 0 radical (unpaired) electrons. The Morgan fingerprint density at radius 3 is 2.43 bits per heavy atom. The highest BCUT2D eigenvalue weighted by Gasteiger charge is 2.21. The summed E-state index contributed by atoms with van der Waals surface area (Å²) < 4.78 is 10.2. The predicted molar refractivity (Wildman–Crippen MR) is 103 cm³/mol. The summed E-state index contributed by atoms with van der Waals surface area (Å²) in [5.74, 6) is 0.344. The molecular formula is C22H23N2O4+. The van der Waals surface area contributed by atoms with E-state index in [-0.39, 0.29) is 24.5 Å². The Bertz CT molecular complexity index is 890. The molecule has 144 valence electrons. The molecule has 0 aliphatic carbocycles. The number of quaternary nitrogens is 1. The van der Waals surface area contributed by atoms with Crippen molar-refractivity contribution >= 4 is 11.9 Å². The number of nitrogens with one attached hydrogen (secondary N) is 1. The van der Waals surface area contributed by atoms with Gasteiger partial charge in [-0.05, 0) is 29.8 Å². The van der Waals surface area contributed by atoms with Gasteiger partial charge in [-0.25, -0.2) is 4.79 Å². The number of carbonyl (C=O) groups excluding carboxylic acids is 2. The molecule has 0 aliphatic rings. The molecule has 28 heavy (non-hydrogen) atoms. The molecule has 1 aromatic heterocycles. The number of rotatable bonds is 8. The predicted octanol–water partition coefficient (Wildman–Crippen LogP) is 2.04. The molecule has 0 aliphatic heterocycles. The smallest absolute Gasteiger partial charge is 0.337 e. The van der Waals surface area contributed by atoms with Crippen LogP contribution in [0.4, 0.5) is 0 Å². The standard InChI is InChI=1S/C22H22N2O4/c1-27-22(26)18-11-9-16(10-12-18)14-23-20(25)15-24-21(19-8-5-13-28-19)17-6-3-2-4-7-17/h2-13,21,24H,14-15H2,1H3,(H,23,25)/p+1/t21-/m1/s1. The number of carbonyl (C=O) groups is 2. The van der Waals surface area contributed by atoms with E-state index >= 15 is 0 Å². The topological polar surface area (TPSA) is 85.1 Å². The van der Waals surface area contributed by atoms with Crippen molar-refractivity contribution in [1.29, 1.82) is 0 Å². The zero-order chi connectivity index (χ0) is 19.8. The van der Waals surface area contributed by atoms with Gasteiger partial charge in [0, 0.05) is 12.1 Å². The van der Waals surface area contributed by atoms with Gasteiger partial charge in [0.05, 0.1) is 18.9 Å². The molecule has 0 unspecified atom stereocenters. The highest BCUT2D eigenvalue weighted by atomic mass is 16.5. The van der Waals surface area contributed by atoms with Crippen molar-refractivity contribution in [3.8, 4) is 0 Å². The van der Waals surface area contributed by atoms with E-state index in [2.05, 4.69) is 10.1 Å². The minimum Gasteiger partial charge on any atom is -0.465 e. The Morgan fingerprint density at radius 2 is 1.79 bits per heavy atom. The van der Waals surface area contributed by atoms with E-state index in [9.17, 15) is 9.59 Å². The van der Waals surface area contributed by atoms with Crippen LogP contribution in [-0.4, -0.2) is 25.5 Å². The first kappa shape index (κ1) is 19.4. The molecule has 0 saturated carbocycles. The van der Waals surface area contributed by atoms with E-state index in [0.717, 1.165) is 16.9 Å². The summed E-state index contributed by atoms with van der Waals surface area (Å²) in [5, 5.41) is 4.85. The average Bonchev–Trinajstić information content (AvgIpc) is 3.27. The molecule has 1 amide bonds. The van der Waals surface area contributed by atoms with Gasteiger partial charge in [0.2, 0.25) is 0 Å². The number of methoxy groups -OCH3 is 1. The third-order valence-electron chi connectivity index (χ3n) is 4.41. The Morgan fingerprint density at radius 1 is 1.04 bits per heavy atom. The summed E-state index contributed by atoms with van der Waals surface area (Å²) in [4.78, 5) is 23.7. The summed E-state index contributed by atoms with van der Waals surface area (Å²) in [5.41, 5.74) is 2.46. The maximum Gasteiger partial charge on any atom is 0.337 e. The molecule has 3 rings (SSSR count). The fourth-order valence-corrected chi connectivity index (χ4v) is 2.92. The normalized spacial score (nSPS) is 11.6. The number of ether oxygens (including phenoxy) is 1. The lowest BCUT2D eigenvalue weighted by molar-refractivity contribution is -0.678. The summed E-state index contributed by atoms with van der Waals surface area (Å²) in [7, 11) is 1.35. The Hall–Kier alpha value is -3.38. The van der Waals surface area contributed by atoms with Gasteiger partial charge in [-0.1, -0.05) is 42.5 Å². The van der Waals surface area contributed by atoms with Gasteiger partial charge < -0.3 is 19.8 Å². The van der Waals surface area contributed by atoms with Gasteiger partial charge in [0.25, 0.3) is 5.91 Å². The van der Waals surface area contributed by atoms with Crippen molar-refractivity contribution < 1.29 is 24.1 Å². The van der Waals surface area contributed by atoms with Gasteiger partial charge >= 0.3 is 5.97 Å². The first-order valence-electron chi connectivity index (χ1n) is 9.03. The van der Waals surface area contributed by atoms with Crippen LogP contribution in [0.1, 0.15) is 33.3 Å². The van der Waals surface area contributed by atoms with Crippen LogP contribution < -0.4 is 10.6 Å². The second-order valence-corrected chi connectivity index (χ2v) is 6.31. The summed E-state index contributed by atoms with van der Waals surface area (Å²) in [6, 6.07) is 20.6. The summed E-state index contributed by atoms with van der Waals surface area (Å²) in [6.45, 7) is 0.658. The van der Waals surface area contributed by atoms with Crippen LogP contribution in [-0.2, 0) is 16.1 Å².